The highest BCUT2D eigenvalue weighted by atomic mass is 16.2. The van der Waals surface area contributed by atoms with Crippen molar-refractivity contribution >= 4 is 5.91 Å². The molecule has 1 amide bonds. The summed E-state index contributed by atoms with van der Waals surface area (Å²) < 4.78 is 0. The summed E-state index contributed by atoms with van der Waals surface area (Å²) in [6.07, 6.45) is 1.21. The number of nitrogens with one attached hydrogen (secondary N) is 1. The molecule has 1 N–H and O–H groups in total. The number of amides is 1. The fourth-order valence-electron chi connectivity index (χ4n) is 2.00. The third kappa shape index (κ3) is 0.669. The molecular weight excluding hydrogens is 128 g/mol. The van der Waals surface area contributed by atoms with E-state index in [0.717, 1.165) is 13.1 Å². The zero-order chi connectivity index (χ0) is 7.14. The molecule has 56 valence electrons. The number of hydrogen-bond acceptors (Lipinski definition) is 2. The van der Waals surface area contributed by atoms with E-state index in [2.05, 4.69) is 5.32 Å². The lowest BCUT2D eigenvalue weighted by Crippen LogP contribution is -2.68. The molecule has 0 aliphatic carbocycles. The number of piperidine rings is 1. The zero-order valence-electron chi connectivity index (χ0n) is 6.13. The maximum Gasteiger partial charge on any atom is 0.220 e. The van der Waals surface area contributed by atoms with Gasteiger partial charge in [0.05, 0.1) is 0 Å². The van der Waals surface area contributed by atoms with Gasteiger partial charge < -0.3 is 10.2 Å². The second kappa shape index (κ2) is 1.95. The molecule has 3 aliphatic heterocycles. The van der Waals surface area contributed by atoms with E-state index >= 15 is 0 Å². The van der Waals surface area contributed by atoms with E-state index < -0.39 is 0 Å². The first-order valence-electron chi connectivity index (χ1n) is 3.78. The highest BCUT2D eigenvalue weighted by Gasteiger charge is 2.42. The number of nitrogens with zero attached hydrogens (tertiary/aromatic N) is 1. The van der Waals surface area contributed by atoms with Gasteiger partial charge in [-0.05, 0) is 6.42 Å². The SMILES string of the molecule is CC(=O)N1C2CNCC1C2. The Morgan fingerprint density at radius 2 is 2.10 bits per heavy atom. The Kier molecular flexibility index (Phi) is 1.20. The molecule has 0 aromatic heterocycles. The third-order valence-electron chi connectivity index (χ3n) is 2.45. The summed E-state index contributed by atoms with van der Waals surface area (Å²) in [4.78, 5) is 12.9. The van der Waals surface area contributed by atoms with E-state index in [9.17, 15) is 4.79 Å². The Bertz CT molecular complexity index is 155. The molecule has 3 saturated heterocycles. The van der Waals surface area contributed by atoms with Crippen LogP contribution in [0.3, 0.4) is 0 Å². The molecule has 0 spiro atoms. The largest absolute Gasteiger partial charge is 0.334 e. The minimum atomic E-state index is 0.239. The van der Waals surface area contributed by atoms with Gasteiger partial charge in [0, 0.05) is 32.1 Å². The number of carbonyl (C=O) groups excluding carboxylic acids is 1. The average Bonchev–Trinajstić information content (AvgIpc) is 1.87. The quantitative estimate of drug-likeness (QED) is 0.495. The van der Waals surface area contributed by atoms with Gasteiger partial charge in [0.1, 0.15) is 0 Å². The Morgan fingerprint density at radius 1 is 1.50 bits per heavy atom. The van der Waals surface area contributed by atoms with Crippen molar-refractivity contribution < 1.29 is 4.79 Å². The zero-order valence-corrected chi connectivity index (χ0v) is 6.13. The summed E-state index contributed by atoms with van der Waals surface area (Å²) in [6, 6.07) is 1.02. The maximum absolute atomic E-state index is 10.9. The molecule has 2 unspecified atom stereocenters. The first-order chi connectivity index (χ1) is 4.79. The van der Waals surface area contributed by atoms with Crippen LogP contribution in [0.4, 0.5) is 0 Å². The Hall–Kier alpha value is -0.570. The van der Waals surface area contributed by atoms with Gasteiger partial charge in [0.2, 0.25) is 5.91 Å². The van der Waals surface area contributed by atoms with Crippen LogP contribution in [0.5, 0.6) is 0 Å². The summed E-state index contributed by atoms with van der Waals surface area (Å²) in [6.45, 7) is 3.65. The van der Waals surface area contributed by atoms with Crippen molar-refractivity contribution in [1.82, 2.24) is 10.2 Å². The molecule has 0 saturated carbocycles. The lowest BCUT2D eigenvalue weighted by Gasteiger charge is -2.52. The van der Waals surface area contributed by atoms with E-state index in [0.29, 0.717) is 12.1 Å². The van der Waals surface area contributed by atoms with Crippen molar-refractivity contribution in [3.05, 3.63) is 0 Å². The lowest BCUT2D eigenvalue weighted by atomic mass is 9.89. The fourth-order valence-corrected chi connectivity index (χ4v) is 2.00. The number of carbonyl (C=O) groups is 1. The topological polar surface area (TPSA) is 32.3 Å². The van der Waals surface area contributed by atoms with Crippen LogP contribution in [0.2, 0.25) is 0 Å². The van der Waals surface area contributed by atoms with Crippen LogP contribution < -0.4 is 5.32 Å². The maximum atomic E-state index is 10.9. The number of rotatable bonds is 0. The van der Waals surface area contributed by atoms with Gasteiger partial charge in [-0.15, -0.1) is 0 Å². The van der Waals surface area contributed by atoms with Crippen molar-refractivity contribution in [2.24, 2.45) is 0 Å². The summed E-state index contributed by atoms with van der Waals surface area (Å²) in [5, 5.41) is 3.28. The van der Waals surface area contributed by atoms with E-state index in [4.69, 9.17) is 0 Å². The summed E-state index contributed by atoms with van der Waals surface area (Å²) in [7, 11) is 0. The Balaban J connectivity index is 2.06. The third-order valence-corrected chi connectivity index (χ3v) is 2.45. The van der Waals surface area contributed by atoms with Gasteiger partial charge in [-0.1, -0.05) is 0 Å². The highest BCUT2D eigenvalue weighted by molar-refractivity contribution is 5.75. The average molecular weight is 140 g/mol. The first-order valence-corrected chi connectivity index (χ1v) is 3.78. The number of hydrogen-bond donors (Lipinski definition) is 1. The van der Waals surface area contributed by atoms with Crippen LogP contribution in [-0.2, 0) is 4.79 Å². The second-order valence-corrected chi connectivity index (χ2v) is 3.13. The molecule has 3 fully saturated rings. The highest BCUT2D eigenvalue weighted by Crippen LogP contribution is 2.27. The fraction of sp³-hybridized carbons (Fsp3) is 0.857. The van der Waals surface area contributed by atoms with Crippen molar-refractivity contribution in [3.63, 3.8) is 0 Å². The van der Waals surface area contributed by atoms with Crippen molar-refractivity contribution in [2.75, 3.05) is 13.1 Å². The molecule has 3 rings (SSSR count). The summed E-state index contributed by atoms with van der Waals surface area (Å²) in [5.41, 5.74) is 0. The molecule has 0 radical (unpaired) electrons. The van der Waals surface area contributed by atoms with Crippen molar-refractivity contribution in [2.45, 2.75) is 25.4 Å². The van der Waals surface area contributed by atoms with Gasteiger partial charge in [-0.2, -0.15) is 0 Å². The van der Waals surface area contributed by atoms with Gasteiger partial charge in [-0.25, -0.2) is 0 Å². The molecular formula is C7H12N2O. The molecule has 3 nitrogen and oxygen atoms in total. The molecule has 0 aromatic carbocycles. The number of fused-ring (bicyclic) bond motifs is 2. The Morgan fingerprint density at radius 3 is 2.40 bits per heavy atom. The molecule has 3 aliphatic rings. The van der Waals surface area contributed by atoms with Gasteiger partial charge in [-0.3, -0.25) is 4.79 Å². The van der Waals surface area contributed by atoms with Crippen LogP contribution in [-0.4, -0.2) is 36.0 Å². The molecule has 2 atom stereocenters. The van der Waals surface area contributed by atoms with Crippen LogP contribution >= 0.6 is 0 Å². The predicted octanol–water partition coefficient (Wildman–Crippen LogP) is -0.421. The second-order valence-electron chi connectivity index (χ2n) is 3.13. The normalized spacial score (nSPS) is 37.1. The minimum Gasteiger partial charge on any atom is -0.334 e. The van der Waals surface area contributed by atoms with Crippen molar-refractivity contribution in [1.29, 1.82) is 0 Å². The summed E-state index contributed by atoms with van der Waals surface area (Å²) in [5.74, 6) is 0.239. The van der Waals surface area contributed by atoms with E-state index in [-0.39, 0.29) is 5.91 Å². The first kappa shape index (κ1) is 6.16. The van der Waals surface area contributed by atoms with Crippen LogP contribution in [0.15, 0.2) is 0 Å². The van der Waals surface area contributed by atoms with E-state index in [1.807, 2.05) is 4.90 Å². The van der Waals surface area contributed by atoms with Gasteiger partial charge >= 0.3 is 0 Å². The Labute approximate surface area is 60.4 Å². The van der Waals surface area contributed by atoms with Crippen LogP contribution in [0.25, 0.3) is 0 Å². The predicted molar refractivity (Wildman–Crippen MR) is 37.6 cm³/mol. The van der Waals surface area contributed by atoms with Crippen molar-refractivity contribution in [3.8, 4) is 0 Å². The van der Waals surface area contributed by atoms with Crippen LogP contribution in [0.1, 0.15) is 13.3 Å². The molecule has 0 aromatic rings. The molecule has 3 heterocycles. The molecule has 3 heteroatoms. The van der Waals surface area contributed by atoms with E-state index in [1.54, 1.807) is 6.92 Å². The minimum absolute atomic E-state index is 0.239. The van der Waals surface area contributed by atoms with E-state index in [1.165, 1.54) is 6.42 Å². The summed E-state index contributed by atoms with van der Waals surface area (Å²) >= 11 is 0. The standard InChI is InChI=1S/C7H12N2O/c1-5(10)9-6-2-7(9)4-8-3-6/h6-8H,2-4H2,1H3. The lowest BCUT2D eigenvalue weighted by molar-refractivity contribution is -0.144. The van der Waals surface area contributed by atoms with Gasteiger partial charge in [0.25, 0.3) is 0 Å². The molecule has 2 bridgehead atoms. The van der Waals surface area contributed by atoms with Gasteiger partial charge in [0.15, 0.2) is 0 Å². The smallest absolute Gasteiger partial charge is 0.220 e. The number of piperazine rings is 1. The monoisotopic (exact) mass is 140 g/mol. The molecule has 10 heavy (non-hydrogen) atoms. The van der Waals surface area contributed by atoms with Crippen LogP contribution in [0, 0.1) is 0 Å².